The van der Waals surface area contributed by atoms with E-state index in [4.69, 9.17) is 10.5 Å². The number of rotatable bonds is 3. The van der Waals surface area contributed by atoms with Crippen molar-refractivity contribution < 1.29 is 4.74 Å². The van der Waals surface area contributed by atoms with Crippen LogP contribution in [-0.4, -0.2) is 19.3 Å². The van der Waals surface area contributed by atoms with Gasteiger partial charge in [0.25, 0.3) is 0 Å². The predicted molar refractivity (Wildman–Crippen MR) is 67.3 cm³/mol. The Morgan fingerprint density at radius 2 is 1.88 bits per heavy atom. The van der Waals surface area contributed by atoms with Crippen LogP contribution in [-0.2, 0) is 4.74 Å². The Hall–Kier alpha value is -0.0800. The van der Waals surface area contributed by atoms with Crippen molar-refractivity contribution in [1.82, 2.24) is 0 Å². The number of ether oxygens (including phenoxy) is 1. The fraction of sp³-hybridized carbons (Fsp3) is 1.00. The van der Waals surface area contributed by atoms with Crippen molar-refractivity contribution in [2.45, 2.75) is 57.9 Å². The molecule has 16 heavy (non-hydrogen) atoms. The summed E-state index contributed by atoms with van der Waals surface area (Å²) >= 11 is 0. The third-order valence-corrected chi connectivity index (χ3v) is 4.75. The zero-order valence-electron chi connectivity index (χ0n) is 10.7. The molecule has 2 atom stereocenters. The highest BCUT2D eigenvalue weighted by Crippen LogP contribution is 2.35. The van der Waals surface area contributed by atoms with Gasteiger partial charge in [-0.1, -0.05) is 26.2 Å². The van der Waals surface area contributed by atoms with Crippen molar-refractivity contribution in [1.29, 1.82) is 0 Å². The van der Waals surface area contributed by atoms with E-state index < -0.39 is 0 Å². The van der Waals surface area contributed by atoms with Crippen molar-refractivity contribution in [2.24, 2.45) is 23.5 Å². The fourth-order valence-electron chi connectivity index (χ4n) is 3.44. The van der Waals surface area contributed by atoms with E-state index in [0.29, 0.717) is 12.0 Å². The first-order valence-corrected chi connectivity index (χ1v) is 7.14. The second-order valence-electron chi connectivity index (χ2n) is 5.74. The topological polar surface area (TPSA) is 35.2 Å². The van der Waals surface area contributed by atoms with E-state index >= 15 is 0 Å². The molecule has 0 amide bonds. The van der Waals surface area contributed by atoms with Crippen molar-refractivity contribution in [3.8, 4) is 0 Å². The van der Waals surface area contributed by atoms with Crippen LogP contribution in [0.1, 0.15) is 51.9 Å². The van der Waals surface area contributed by atoms with Crippen LogP contribution >= 0.6 is 0 Å². The Labute approximate surface area is 99.9 Å². The van der Waals surface area contributed by atoms with Gasteiger partial charge in [0.15, 0.2) is 0 Å². The largest absolute Gasteiger partial charge is 0.381 e. The summed E-state index contributed by atoms with van der Waals surface area (Å²) in [6.07, 6.45) is 9.38. The SMILES string of the molecule is CCC1CCC(C(N)C2CCCOC2)CC1. The molecule has 2 fully saturated rings. The first-order valence-electron chi connectivity index (χ1n) is 7.14. The molecule has 0 spiro atoms. The van der Waals surface area contributed by atoms with Gasteiger partial charge in [-0.25, -0.2) is 0 Å². The summed E-state index contributed by atoms with van der Waals surface area (Å²) in [5, 5.41) is 0. The smallest absolute Gasteiger partial charge is 0.0509 e. The van der Waals surface area contributed by atoms with E-state index in [9.17, 15) is 0 Å². The molecule has 0 aromatic heterocycles. The summed E-state index contributed by atoms with van der Waals surface area (Å²) in [4.78, 5) is 0. The number of nitrogens with two attached hydrogens (primary N) is 1. The highest BCUT2D eigenvalue weighted by Gasteiger charge is 2.30. The minimum atomic E-state index is 0.401. The first kappa shape index (κ1) is 12.4. The Morgan fingerprint density at radius 3 is 2.44 bits per heavy atom. The summed E-state index contributed by atoms with van der Waals surface area (Å²) in [5.41, 5.74) is 6.43. The van der Waals surface area contributed by atoms with Gasteiger partial charge in [0, 0.05) is 12.6 Å². The minimum Gasteiger partial charge on any atom is -0.381 e. The lowest BCUT2D eigenvalue weighted by Gasteiger charge is -2.37. The van der Waals surface area contributed by atoms with E-state index in [1.807, 2.05) is 0 Å². The molecule has 1 aliphatic carbocycles. The second-order valence-corrected chi connectivity index (χ2v) is 5.74. The molecule has 2 nitrogen and oxygen atoms in total. The molecule has 0 aromatic rings. The maximum atomic E-state index is 6.43. The predicted octanol–water partition coefficient (Wildman–Crippen LogP) is 2.96. The molecule has 2 unspecified atom stereocenters. The minimum absolute atomic E-state index is 0.401. The Kier molecular flexibility index (Phi) is 4.66. The van der Waals surface area contributed by atoms with Gasteiger partial charge in [-0.15, -0.1) is 0 Å². The standard InChI is InChI=1S/C14H27NO/c1-2-11-5-7-12(8-6-11)14(15)13-4-3-9-16-10-13/h11-14H,2-10,15H2,1H3. The highest BCUT2D eigenvalue weighted by molar-refractivity contribution is 4.85. The maximum absolute atomic E-state index is 6.43. The van der Waals surface area contributed by atoms with Crippen LogP contribution in [0.25, 0.3) is 0 Å². The molecule has 0 radical (unpaired) electrons. The monoisotopic (exact) mass is 225 g/mol. The van der Waals surface area contributed by atoms with Crippen molar-refractivity contribution in [2.75, 3.05) is 13.2 Å². The molecule has 1 saturated heterocycles. The summed E-state index contributed by atoms with van der Waals surface area (Å²) < 4.78 is 5.56. The molecule has 1 heterocycles. The summed E-state index contributed by atoms with van der Waals surface area (Å²) in [6.45, 7) is 4.18. The lowest BCUT2D eigenvalue weighted by Crippen LogP contribution is -2.42. The average Bonchev–Trinajstić information content (AvgIpc) is 2.39. The zero-order chi connectivity index (χ0) is 11.4. The van der Waals surface area contributed by atoms with Crippen LogP contribution in [0.5, 0.6) is 0 Å². The van der Waals surface area contributed by atoms with E-state index in [1.165, 1.54) is 44.9 Å². The van der Waals surface area contributed by atoms with Gasteiger partial charge in [-0.2, -0.15) is 0 Å². The van der Waals surface area contributed by atoms with Gasteiger partial charge in [-0.05, 0) is 43.4 Å². The van der Waals surface area contributed by atoms with E-state index in [0.717, 1.165) is 25.0 Å². The molecule has 2 heteroatoms. The molecule has 1 aliphatic heterocycles. The van der Waals surface area contributed by atoms with Gasteiger partial charge in [0.1, 0.15) is 0 Å². The van der Waals surface area contributed by atoms with Gasteiger partial charge in [0.05, 0.1) is 6.61 Å². The van der Waals surface area contributed by atoms with Crippen LogP contribution in [0.3, 0.4) is 0 Å². The Morgan fingerprint density at radius 1 is 1.12 bits per heavy atom. The van der Waals surface area contributed by atoms with E-state index in [2.05, 4.69) is 6.92 Å². The molecular weight excluding hydrogens is 198 g/mol. The summed E-state index contributed by atoms with van der Waals surface area (Å²) in [6, 6.07) is 0.401. The van der Waals surface area contributed by atoms with Crippen LogP contribution < -0.4 is 5.73 Å². The van der Waals surface area contributed by atoms with Gasteiger partial charge in [-0.3, -0.25) is 0 Å². The maximum Gasteiger partial charge on any atom is 0.0509 e. The van der Waals surface area contributed by atoms with Crippen LogP contribution in [0.15, 0.2) is 0 Å². The zero-order valence-corrected chi connectivity index (χ0v) is 10.7. The van der Waals surface area contributed by atoms with Crippen LogP contribution in [0.2, 0.25) is 0 Å². The van der Waals surface area contributed by atoms with Gasteiger partial charge < -0.3 is 10.5 Å². The van der Waals surface area contributed by atoms with Crippen molar-refractivity contribution in [3.05, 3.63) is 0 Å². The Balaban J connectivity index is 1.78. The molecule has 0 aromatic carbocycles. The molecule has 2 aliphatic rings. The van der Waals surface area contributed by atoms with E-state index in [1.54, 1.807) is 0 Å². The van der Waals surface area contributed by atoms with Gasteiger partial charge in [0.2, 0.25) is 0 Å². The molecule has 2 N–H and O–H groups in total. The quantitative estimate of drug-likeness (QED) is 0.801. The third kappa shape index (κ3) is 2.98. The number of hydrogen-bond acceptors (Lipinski definition) is 2. The number of hydrogen-bond donors (Lipinski definition) is 1. The van der Waals surface area contributed by atoms with Gasteiger partial charge >= 0.3 is 0 Å². The fourth-order valence-corrected chi connectivity index (χ4v) is 3.44. The second kappa shape index (κ2) is 6.02. The molecule has 2 rings (SSSR count). The first-order chi connectivity index (χ1) is 7.81. The van der Waals surface area contributed by atoms with E-state index in [-0.39, 0.29) is 0 Å². The van der Waals surface area contributed by atoms with Crippen LogP contribution in [0.4, 0.5) is 0 Å². The molecular formula is C14H27NO. The summed E-state index contributed by atoms with van der Waals surface area (Å²) in [5.74, 6) is 2.39. The van der Waals surface area contributed by atoms with Crippen LogP contribution in [0, 0.1) is 17.8 Å². The lowest BCUT2D eigenvalue weighted by atomic mass is 9.74. The third-order valence-electron chi connectivity index (χ3n) is 4.75. The normalized spacial score (nSPS) is 38.2. The van der Waals surface area contributed by atoms with Crippen molar-refractivity contribution >= 4 is 0 Å². The highest BCUT2D eigenvalue weighted by atomic mass is 16.5. The lowest BCUT2D eigenvalue weighted by molar-refractivity contribution is 0.0308. The van der Waals surface area contributed by atoms with Crippen molar-refractivity contribution in [3.63, 3.8) is 0 Å². The molecule has 1 saturated carbocycles. The molecule has 0 bridgehead atoms. The Bertz CT molecular complexity index is 193. The average molecular weight is 225 g/mol. The molecule has 94 valence electrons. The summed E-state index contributed by atoms with van der Waals surface area (Å²) in [7, 11) is 0.